The van der Waals surface area contributed by atoms with Crippen LogP contribution in [0.3, 0.4) is 0 Å². The maximum atomic E-state index is 10.2. The number of rotatable bonds is 3. The van der Waals surface area contributed by atoms with Crippen molar-refractivity contribution in [1.82, 2.24) is 5.32 Å². The fourth-order valence-electron chi connectivity index (χ4n) is 2.50. The molecule has 0 saturated heterocycles. The van der Waals surface area contributed by atoms with Gasteiger partial charge in [0.25, 0.3) is 0 Å². The average Bonchev–Trinajstić information content (AvgIpc) is 2.69. The largest absolute Gasteiger partial charge is 0.389 e. The average molecular weight is 195 g/mol. The molecule has 0 aromatic carbocycles. The minimum atomic E-state index is -0.402. The van der Waals surface area contributed by atoms with Crippen molar-refractivity contribution in [3.8, 4) is 0 Å². The van der Waals surface area contributed by atoms with Crippen LogP contribution in [-0.4, -0.2) is 23.3 Å². The Balaban J connectivity index is 1.72. The zero-order valence-electron chi connectivity index (χ0n) is 8.84. The van der Waals surface area contributed by atoms with Gasteiger partial charge in [0.05, 0.1) is 5.60 Å². The van der Waals surface area contributed by atoms with E-state index in [1.165, 1.54) is 19.3 Å². The van der Waals surface area contributed by atoms with Crippen molar-refractivity contribution >= 4 is 0 Å². The van der Waals surface area contributed by atoms with Gasteiger partial charge in [-0.25, -0.2) is 0 Å². The summed E-state index contributed by atoms with van der Waals surface area (Å²) in [5.41, 5.74) is -0.402. The Morgan fingerprint density at radius 3 is 2.43 bits per heavy atom. The lowest BCUT2D eigenvalue weighted by Crippen LogP contribution is -2.45. The van der Waals surface area contributed by atoms with E-state index < -0.39 is 5.60 Å². The van der Waals surface area contributed by atoms with E-state index in [9.17, 15) is 5.11 Å². The van der Waals surface area contributed by atoms with Crippen LogP contribution < -0.4 is 5.32 Å². The van der Waals surface area contributed by atoms with Crippen LogP contribution in [0.15, 0.2) is 12.2 Å². The lowest BCUT2D eigenvalue weighted by molar-refractivity contribution is 0.00293. The molecule has 0 heterocycles. The second kappa shape index (κ2) is 4.45. The predicted octanol–water partition coefficient (Wildman–Crippen LogP) is 1.99. The van der Waals surface area contributed by atoms with Gasteiger partial charge in [-0.3, -0.25) is 0 Å². The molecule has 0 bridgehead atoms. The summed E-state index contributed by atoms with van der Waals surface area (Å²) in [5.74, 6) is 0. The number of aliphatic hydroxyl groups is 1. The van der Waals surface area contributed by atoms with Gasteiger partial charge in [-0.1, -0.05) is 31.4 Å². The Kier molecular flexibility index (Phi) is 3.24. The van der Waals surface area contributed by atoms with E-state index in [1.807, 2.05) is 0 Å². The van der Waals surface area contributed by atoms with Gasteiger partial charge in [0.15, 0.2) is 0 Å². The molecule has 2 heteroatoms. The Morgan fingerprint density at radius 1 is 1.14 bits per heavy atom. The lowest BCUT2D eigenvalue weighted by atomic mass is 9.84. The normalized spacial score (nSPS) is 26.9. The molecular weight excluding hydrogens is 174 g/mol. The van der Waals surface area contributed by atoms with Gasteiger partial charge in [0.1, 0.15) is 0 Å². The maximum absolute atomic E-state index is 10.2. The molecule has 0 atom stereocenters. The maximum Gasteiger partial charge on any atom is 0.0771 e. The van der Waals surface area contributed by atoms with E-state index >= 15 is 0 Å². The summed E-state index contributed by atoms with van der Waals surface area (Å²) in [7, 11) is 0. The summed E-state index contributed by atoms with van der Waals surface area (Å²) in [6.07, 6.45) is 12.4. The first-order chi connectivity index (χ1) is 6.79. The van der Waals surface area contributed by atoms with Crippen LogP contribution in [-0.2, 0) is 0 Å². The van der Waals surface area contributed by atoms with Gasteiger partial charge >= 0.3 is 0 Å². The quantitative estimate of drug-likeness (QED) is 0.675. The molecule has 0 amide bonds. The minimum absolute atomic E-state index is 0.402. The molecule has 0 aromatic rings. The summed E-state index contributed by atoms with van der Waals surface area (Å²) in [4.78, 5) is 0. The van der Waals surface area contributed by atoms with Crippen LogP contribution in [0.1, 0.15) is 44.9 Å². The molecule has 2 aliphatic carbocycles. The molecule has 1 saturated carbocycles. The molecule has 0 spiro atoms. The van der Waals surface area contributed by atoms with Crippen molar-refractivity contribution in [3.05, 3.63) is 12.2 Å². The van der Waals surface area contributed by atoms with Gasteiger partial charge in [-0.15, -0.1) is 0 Å². The molecule has 2 aliphatic rings. The van der Waals surface area contributed by atoms with Gasteiger partial charge in [0.2, 0.25) is 0 Å². The highest BCUT2D eigenvalue weighted by Gasteiger charge is 2.29. The first-order valence-corrected chi connectivity index (χ1v) is 5.89. The highest BCUT2D eigenvalue weighted by Crippen LogP contribution is 2.27. The van der Waals surface area contributed by atoms with Gasteiger partial charge in [-0.05, 0) is 25.7 Å². The van der Waals surface area contributed by atoms with Crippen LogP contribution in [0.25, 0.3) is 0 Å². The smallest absolute Gasteiger partial charge is 0.0771 e. The molecule has 0 aliphatic heterocycles. The monoisotopic (exact) mass is 195 g/mol. The molecule has 14 heavy (non-hydrogen) atoms. The van der Waals surface area contributed by atoms with Gasteiger partial charge in [-0.2, -0.15) is 0 Å². The van der Waals surface area contributed by atoms with Crippen molar-refractivity contribution in [2.45, 2.75) is 56.6 Å². The summed E-state index contributed by atoms with van der Waals surface area (Å²) >= 11 is 0. The van der Waals surface area contributed by atoms with Crippen molar-refractivity contribution < 1.29 is 5.11 Å². The third-order valence-electron chi connectivity index (χ3n) is 3.51. The number of hydrogen-bond acceptors (Lipinski definition) is 2. The Morgan fingerprint density at radius 2 is 1.79 bits per heavy atom. The van der Waals surface area contributed by atoms with E-state index in [1.54, 1.807) is 0 Å². The Labute approximate surface area is 86.4 Å². The Bertz CT molecular complexity index is 198. The fraction of sp³-hybridized carbons (Fsp3) is 0.833. The molecule has 2 nitrogen and oxygen atoms in total. The first-order valence-electron chi connectivity index (χ1n) is 5.89. The molecule has 2 N–H and O–H groups in total. The second-order valence-corrected chi connectivity index (χ2v) is 4.81. The number of nitrogens with one attached hydrogen (secondary N) is 1. The molecule has 2 rings (SSSR count). The highest BCUT2D eigenvalue weighted by molar-refractivity contribution is 4.98. The van der Waals surface area contributed by atoms with Crippen LogP contribution >= 0.6 is 0 Å². The first kappa shape index (κ1) is 10.2. The van der Waals surface area contributed by atoms with Crippen LogP contribution in [0.4, 0.5) is 0 Å². The topological polar surface area (TPSA) is 32.3 Å². The SMILES string of the molecule is OC1(CNC2CC=CC2)CCCCC1. The third-order valence-corrected chi connectivity index (χ3v) is 3.51. The third kappa shape index (κ3) is 2.58. The van der Waals surface area contributed by atoms with Crippen molar-refractivity contribution in [1.29, 1.82) is 0 Å². The predicted molar refractivity (Wildman–Crippen MR) is 58.2 cm³/mol. The highest BCUT2D eigenvalue weighted by atomic mass is 16.3. The van der Waals surface area contributed by atoms with E-state index in [-0.39, 0.29) is 0 Å². The van der Waals surface area contributed by atoms with Crippen LogP contribution in [0, 0.1) is 0 Å². The summed E-state index contributed by atoms with van der Waals surface area (Å²) in [6, 6.07) is 0.584. The zero-order valence-corrected chi connectivity index (χ0v) is 8.84. The van der Waals surface area contributed by atoms with Crippen molar-refractivity contribution in [2.75, 3.05) is 6.54 Å². The van der Waals surface area contributed by atoms with Crippen molar-refractivity contribution in [2.24, 2.45) is 0 Å². The van der Waals surface area contributed by atoms with E-state index in [0.717, 1.165) is 32.2 Å². The van der Waals surface area contributed by atoms with E-state index in [2.05, 4.69) is 17.5 Å². The van der Waals surface area contributed by atoms with Crippen LogP contribution in [0.2, 0.25) is 0 Å². The molecule has 1 fully saturated rings. The van der Waals surface area contributed by atoms with Gasteiger partial charge < -0.3 is 10.4 Å². The molecule has 0 unspecified atom stereocenters. The Hall–Kier alpha value is -0.340. The van der Waals surface area contributed by atoms with Crippen LogP contribution in [0.5, 0.6) is 0 Å². The molecular formula is C12H21NO. The van der Waals surface area contributed by atoms with Crippen molar-refractivity contribution in [3.63, 3.8) is 0 Å². The molecule has 0 radical (unpaired) electrons. The summed E-state index contributed by atoms with van der Waals surface area (Å²) < 4.78 is 0. The zero-order chi connectivity index (χ0) is 9.86. The standard InChI is InChI=1S/C12H21NO/c14-12(8-4-1-5-9-12)10-13-11-6-2-3-7-11/h2-3,11,13-14H,1,4-10H2. The summed E-state index contributed by atoms with van der Waals surface area (Å²) in [6.45, 7) is 0.791. The van der Waals surface area contributed by atoms with E-state index in [0.29, 0.717) is 6.04 Å². The molecule has 0 aromatic heterocycles. The van der Waals surface area contributed by atoms with Gasteiger partial charge in [0, 0.05) is 12.6 Å². The lowest BCUT2D eigenvalue weighted by Gasteiger charge is -2.33. The minimum Gasteiger partial charge on any atom is -0.389 e. The number of hydrogen-bond donors (Lipinski definition) is 2. The van der Waals surface area contributed by atoms with E-state index in [4.69, 9.17) is 0 Å². The summed E-state index contributed by atoms with van der Waals surface area (Å²) in [5, 5.41) is 13.7. The molecule has 80 valence electrons. The second-order valence-electron chi connectivity index (χ2n) is 4.81. The fourth-order valence-corrected chi connectivity index (χ4v) is 2.50.